The molecule has 0 aliphatic carbocycles. The summed E-state index contributed by atoms with van der Waals surface area (Å²) in [6.07, 6.45) is 3.02. The number of carbonyl (C=O) groups excluding carboxylic acids is 3. The SMILES string of the molecule is CCCC(=O)Nc1ccc(C(=O)C(C)OC(=O)/C=C/c2c(C)nn(-c3ccc(F)cc3)c2C)cc1. The second-order valence-electron chi connectivity index (χ2n) is 8.12. The number of Topliss-reactive ketones (excluding diaryl/α,β-unsaturated/α-hetero) is 1. The molecule has 0 aliphatic heterocycles. The van der Waals surface area contributed by atoms with Crippen molar-refractivity contribution in [1.82, 2.24) is 9.78 Å². The molecule has 3 aromatic rings. The van der Waals surface area contributed by atoms with Crippen LogP contribution in [0.25, 0.3) is 11.8 Å². The van der Waals surface area contributed by atoms with Crippen LogP contribution in [-0.4, -0.2) is 33.5 Å². The third-order valence-electron chi connectivity index (χ3n) is 5.40. The summed E-state index contributed by atoms with van der Waals surface area (Å²) in [6, 6.07) is 12.4. The molecule has 1 aromatic heterocycles. The van der Waals surface area contributed by atoms with Gasteiger partial charge in [-0.25, -0.2) is 13.9 Å². The Hall–Kier alpha value is -4.07. The Labute approximate surface area is 203 Å². The van der Waals surface area contributed by atoms with E-state index in [0.29, 0.717) is 29.1 Å². The van der Waals surface area contributed by atoms with E-state index in [1.165, 1.54) is 25.1 Å². The van der Waals surface area contributed by atoms with Crippen molar-refractivity contribution >= 4 is 29.4 Å². The highest BCUT2D eigenvalue weighted by Crippen LogP contribution is 2.20. The van der Waals surface area contributed by atoms with Gasteiger partial charge in [-0.05, 0) is 81.8 Å². The van der Waals surface area contributed by atoms with Gasteiger partial charge in [0.1, 0.15) is 5.82 Å². The van der Waals surface area contributed by atoms with Crippen LogP contribution in [0.5, 0.6) is 0 Å². The lowest BCUT2D eigenvalue weighted by molar-refractivity contribution is -0.140. The van der Waals surface area contributed by atoms with Gasteiger partial charge in [0.2, 0.25) is 11.7 Å². The van der Waals surface area contributed by atoms with Gasteiger partial charge in [0.25, 0.3) is 0 Å². The fourth-order valence-corrected chi connectivity index (χ4v) is 3.55. The normalized spacial score (nSPS) is 11.9. The minimum Gasteiger partial charge on any atom is -0.451 e. The van der Waals surface area contributed by atoms with Crippen molar-refractivity contribution < 1.29 is 23.5 Å². The second-order valence-corrected chi connectivity index (χ2v) is 8.12. The zero-order valence-corrected chi connectivity index (χ0v) is 20.2. The van der Waals surface area contributed by atoms with Crippen LogP contribution < -0.4 is 5.32 Å². The van der Waals surface area contributed by atoms with Crippen LogP contribution in [0.1, 0.15) is 54.0 Å². The monoisotopic (exact) mass is 477 g/mol. The number of halogens is 1. The molecule has 35 heavy (non-hydrogen) atoms. The number of hydrogen-bond donors (Lipinski definition) is 1. The van der Waals surface area contributed by atoms with Crippen molar-refractivity contribution in [3.05, 3.63) is 82.9 Å². The average Bonchev–Trinajstić information content (AvgIpc) is 3.11. The molecule has 1 N–H and O–H groups in total. The highest BCUT2D eigenvalue weighted by molar-refractivity contribution is 6.01. The Morgan fingerprint density at radius 3 is 2.37 bits per heavy atom. The van der Waals surface area contributed by atoms with Gasteiger partial charge < -0.3 is 10.1 Å². The molecule has 1 atom stereocenters. The first-order valence-corrected chi connectivity index (χ1v) is 11.3. The first-order chi connectivity index (χ1) is 16.7. The van der Waals surface area contributed by atoms with E-state index >= 15 is 0 Å². The number of amides is 1. The molecule has 0 aliphatic rings. The topological polar surface area (TPSA) is 90.3 Å². The summed E-state index contributed by atoms with van der Waals surface area (Å²) < 4.78 is 20.2. The van der Waals surface area contributed by atoms with Gasteiger partial charge in [-0.2, -0.15) is 5.10 Å². The van der Waals surface area contributed by atoms with Crippen molar-refractivity contribution in [3.63, 3.8) is 0 Å². The van der Waals surface area contributed by atoms with E-state index in [4.69, 9.17) is 4.74 Å². The number of rotatable bonds is 9. The van der Waals surface area contributed by atoms with E-state index in [-0.39, 0.29) is 17.5 Å². The lowest BCUT2D eigenvalue weighted by atomic mass is 10.1. The molecule has 2 aromatic carbocycles. The molecule has 1 unspecified atom stereocenters. The quantitative estimate of drug-likeness (QED) is 0.260. The van der Waals surface area contributed by atoms with Gasteiger partial charge in [-0.1, -0.05) is 6.92 Å². The Kier molecular flexibility index (Phi) is 8.30. The van der Waals surface area contributed by atoms with Crippen LogP contribution in [0, 0.1) is 19.7 Å². The van der Waals surface area contributed by atoms with Crippen LogP contribution in [-0.2, 0) is 14.3 Å². The number of hydrogen-bond acceptors (Lipinski definition) is 5. The average molecular weight is 478 g/mol. The molecule has 0 spiro atoms. The maximum Gasteiger partial charge on any atom is 0.331 e. The molecule has 0 radical (unpaired) electrons. The largest absolute Gasteiger partial charge is 0.451 e. The maximum atomic E-state index is 13.2. The van der Waals surface area contributed by atoms with Gasteiger partial charge in [0.05, 0.1) is 11.4 Å². The molecular formula is C27H28FN3O4. The molecule has 7 nitrogen and oxygen atoms in total. The minimum atomic E-state index is -0.989. The summed E-state index contributed by atoms with van der Waals surface area (Å²) in [5.41, 5.74) is 3.85. The highest BCUT2D eigenvalue weighted by atomic mass is 19.1. The van der Waals surface area contributed by atoms with Crippen molar-refractivity contribution in [2.45, 2.75) is 46.6 Å². The van der Waals surface area contributed by atoms with Crippen LogP contribution in [0.2, 0.25) is 0 Å². The van der Waals surface area contributed by atoms with Gasteiger partial charge in [-0.3, -0.25) is 9.59 Å². The van der Waals surface area contributed by atoms with Crippen molar-refractivity contribution in [3.8, 4) is 5.69 Å². The number of ketones is 1. The van der Waals surface area contributed by atoms with Gasteiger partial charge >= 0.3 is 5.97 Å². The van der Waals surface area contributed by atoms with E-state index in [9.17, 15) is 18.8 Å². The molecule has 0 fully saturated rings. The third-order valence-corrected chi connectivity index (χ3v) is 5.40. The summed E-state index contributed by atoms with van der Waals surface area (Å²) in [5.74, 6) is -1.44. The number of nitrogens with zero attached hydrogens (tertiary/aromatic N) is 2. The van der Waals surface area contributed by atoms with E-state index in [1.807, 2.05) is 13.8 Å². The Bertz CT molecular complexity index is 1240. The maximum absolute atomic E-state index is 13.2. The van der Waals surface area contributed by atoms with E-state index in [0.717, 1.165) is 17.7 Å². The lowest BCUT2D eigenvalue weighted by Crippen LogP contribution is -2.23. The second kappa shape index (κ2) is 11.4. The number of benzene rings is 2. The smallest absolute Gasteiger partial charge is 0.331 e. The number of aromatic nitrogens is 2. The first kappa shape index (κ1) is 25.6. The summed E-state index contributed by atoms with van der Waals surface area (Å²) >= 11 is 0. The van der Waals surface area contributed by atoms with Crippen LogP contribution >= 0.6 is 0 Å². The fourth-order valence-electron chi connectivity index (χ4n) is 3.55. The number of ether oxygens (including phenoxy) is 1. The Morgan fingerprint density at radius 2 is 1.74 bits per heavy atom. The standard InChI is InChI=1S/C27H28FN3O4/c1-5-6-25(32)29-22-11-7-20(8-12-22)27(34)19(4)35-26(33)16-15-24-17(2)30-31(18(24)3)23-13-9-21(28)10-14-23/h7-16,19H,5-6H2,1-4H3,(H,29,32)/b16-15+. The third kappa shape index (κ3) is 6.50. The number of anilines is 1. The number of nitrogens with one attached hydrogen (secondary N) is 1. The highest BCUT2D eigenvalue weighted by Gasteiger charge is 2.19. The van der Waals surface area contributed by atoms with Crippen LogP contribution in [0.4, 0.5) is 10.1 Å². The molecule has 0 saturated carbocycles. The van der Waals surface area contributed by atoms with E-state index < -0.39 is 12.1 Å². The molecule has 1 heterocycles. The van der Waals surface area contributed by atoms with Crippen molar-refractivity contribution in [2.24, 2.45) is 0 Å². The van der Waals surface area contributed by atoms with Gasteiger partial charge in [0, 0.05) is 35.0 Å². The number of aryl methyl sites for hydroxylation is 1. The van der Waals surface area contributed by atoms with Gasteiger partial charge in [0.15, 0.2) is 6.10 Å². The molecule has 0 bridgehead atoms. The molecular weight excluding hydrogens is 449 g/mol. The summed E-state index contributed by atoms with van der Waals surface area (Å²) in [5, 5.41) is 7.22. The first-order valence-electron chi connectivity index (χ1n) is 11.3. The summed E-state index contributed by atoms with van der Waals surface area (Å²) in [7, 11) is 0. The predicted octanol–water partition coefficient (Wildman–Crippen LogP) is 5.19. The fraction of sp³-hybridized carbons (Fsp3) is 0.259. The number of carbonyl (C=O) groups is 3. The summed E-state index contributed by atoms with van der Waals surface area (Å²) in [6.45, 7) is 7.07. The number of esters is 1. The van der Waals surface area contributed by atoms with Crippen molar-refractivity contribution in [1.29, 1.82) is 0 Å². The van der Waals surface area contributed by atoms with E-state index in [1.54, 1.807) is 54.1 Å². The molecule has 1 amide bonds. The minimum absolute atomic E-state index is 0.0886. The molecule has 182 valence electrons. The Morgan fingerprint density at radius 1 is 1.09 bits per heavy atom. The van der Waals surface area contributed by atoms with Crippen LogP contribution in [0.15, 0.2) is 54.6 Å². The lowest BCUT2D eigenvalue weighted by Gasteiger charge is -2.11. The van der Waals surface area contributed by atoms with Crippen molar-refractivity contribution in [2.75, 3.05) is 5.32 Å². The molecule has 0 saturated heterocycles. The zero-order chi connectivity index (χ0) is 25.5. The van der Waals surface area contributed by atoms with Crippen LogP contribution in [0.3, 0.4) is 0 Å². The predicted molar refractivity (Wildman–Crippen MR) is 132 cm³/mol. The molecule has 3 rings (SSSR count). The summed E-state index contributed by atoms with van der Waals surface area (Å²) in [4.78, 5) is 36.7. The van der Waals surface area contributed by atoms with Gasteiger partial charge in [-0.15, -0.1) is 0 Å². The molecule has 8 heteroatoms. The van der Waals surface area contributed by atoms with E-state index in [2.05, 4.69) is 10.4 Å². The Balaban J connectivity index is 1.63. The zero-order valence-electron chi connectivity index (χ0n) is 20.2.